The van der Waals surface area contributed by atoms with Crippen molar-refractivity contribution in [1.29, 1.82) is 0 Å². The maximum Gasteiger partial charge on any atom is 0.269 e. The standard InChI is InChI=1S/C26H23ClFN5O3/c27-18-5-10-25-29-16-24(32(25)17-18)22(21-3-1-2-4-23(21)28)15-26(34)31-13-11-30(12-14-31)19-6-8-20(9-7-19)33(35)36/h1-10,16-17,22H,11-15H2. The second-order valence-corrected chi connectivity index (χ2v) is 9.11. The molecule has 1 aliphatic rings. The van der Waals surface area contributed by atoms with Gasteiger partial charge < -0.3 is 14.2 Å². The van der Waals surface area contributed by atoms with Crippen LogP contribution in [0.4, 0.5) is 15.8 Å². The van der Waals surface area contributed by atoms with E-state index in [0.717, 1.165) is 5.69 Å². The summed E-state index contributed by atoms with van der Waals surface area (Å²) in [6.07, 6.45) is 3.47. The van der Waals surface area contributed by atoms with Crippen molar-refractivity contribution < 1.29 is 14.1 Å². The summed E-state index contributed by atoms with van der Waals surface area (Å²) in [5.74, 6) is -1.00. The number of anilines is 1. The van der Waals surface area contributed by atoms with Crippen LogP contribution in [-0.4, -0.2) is 51.3 Å². The first-order valence-corrected chi connectivity index (χ1v) is 11.9. The summed E-state index contributed by atoms with van der Waals surface area (Å²) in [5, 5.41) is 11.4. The number of nitro benzene ring substituents is 1. The zero-order valence-corrected chi connectivity index (χ0v) is 20.0. The average Bonchev–Trinajstić information content (AvgIpc) is 3.30. The molecule has 3 heterocycles. The number of fused-ring (bicyclic) bond motifs is 1. The summed E-state index contributed by atoms with van der Waals surface area (Å²) in [5.41, 5.74) is 2.70. The minimum absolute atomic E-state index is 0.0421. The van der Waals surface area contributed by atoms with Gasteiger partial charge in [0.1, 0.15) is 11.5 Å². The number of hydrogen-bond acceptors (Lipinski definition) is 5. The van der Waals surface area contributed by atoms with Gasteiger partial charge in [-0.25, -0.2) is 9.37 Å². The van der Waals surface area contributed by atoms with E-state index < -0.39 is 10.8 Å². The van der Waals surface area contributed by atoms with Crippen molar-refractivity contribution in [3.05, 3.63) is 105 Å². The van der Waals surface area contributed by atoms with Gasteiger partial charge in [0.25, 0.3) is 5.69 Å². The van der Waals surface area contributed by atoms with Crippen LogP contribution in [0.2, 0.25) is 5.02 Å². The Kier molecular flexibility index (Phi) is 6.56. The van der Waals surface area contributed by atoms with E-state index >= 15 is 0 Å². The molecule has 1 atom stereocenters. The third-order valence-corrected chi connectivity index (χ3v) is 6.80. The smallest absolute Gasteiger partial charge is 0.269 e. The Hall–Kier alpha value is -3.98. The second kappa shape index (κ2) is 9.94. The van der Waals surface area contributed by atoms with Crippen molar-refractivity contribution in [2.24, 2.45) is 0 Å². The van der Waals surface area contributed by atoms with Crippen LogP contribution < -0.4 is 4.90 Å². The number of piperazine rings is 1. The van der Waals surface area contributed by atoms with Crippen LogP contribution in [0, 0.1) is 15.9 Å². The van der Waals surface area contributed by atoms with E-state index in [-0.39, 0.29) is 23.8 Å². The van der Waals surface area contributed by atoms with Gasteiger partial charge in [0.05, 0.1) is 15.6 Å². The molecule has 10 heteroatoms. The molecular formula is C26H23ClFN5O3. The second-order valence-electron chi connectivity index (χ2n) is 8.68. The number of non-ortho nitro benzene ring substituents is 1. The van der Waals surface area contributed by atoms with E-state index in [1.807, 2.05) is 0 Å². The molecule has 1 amide bonds. The number of benzene rings is 2. The number of aromatic nitrogens is 2. The number of carbonyl (C=O) groups is 1. The maximum absolute atomic E-state index is 14.9. The molecule has 0 spiro atoms. The van der Waals surface area contributed by atoms with E-state index in [1.54, 1.807) is 64.2 Å². The van der Waals surface area contributed by atoms with E-state index in [0.29, 0.717) is 48.1 Å². The monoisotopic (exact) mass is 507 g/mol. The van der Waals surface area contributed by atoms with Crippen LogP contribution in [0.25, 0.3) is 5.65 Å². The van der Waals surface area contributed by atoms with E-state index in [9.17, 15) is 19.3 Å². The average molecular weight is 508 g/mol. The molecule has 0 saturated carbocycles. The Bertz CT molecular complexity index is 1420. The molecule has 36 heavy (non-hydrogen) atoms. The summed E-state index contributed by atoms with van der Waals surface area (Å²) in [6, 6.07) is 16.4. The molecule has 2 aromatic heterocycles. The number of amides is 1. The van der Waals surface area contributed by atoms with E-state index in [2.05, 4.69) is 9.88 Å². The normalized spacial score (nSPS) is 14.7. The molecule has 1 saturated heterocycles. The van der Waals surface area contributed by atoms with Gasteiger partial charge in [0.15, 0.2) is 0 Å². The largest absolute Gasteiger partial charge is 0.368 e. The molecule has 8 nitrogen and oxygen atoms in total. The summed E-state index contributed by atoms with van der Waals surface area (Å²) in [4.78, 5) is 32.2. The van der Waals surface area contributed by atoms with Crippen molar-refractivity contribution in [1.82, 2.24) is 14.3 Å². The fourth-order valence-electron chi connectivity index (χ4n) is 4.67. The van der Waals surface area contributed by atoms with E-state index in [1.165, 1.54) is 18.2 Å². The van der Waals surface area contributed by atoms with Crippen LogP contribution in [0.1, 0.15) is 23.6 Å². The molecule has 0 bridgehead atoms. The first-order valence-electron chi connectivity index (χ1n) is 11.5. The summed E-state index contributed by atoms with van der Waals surface area (Å²) >= 11 is 6.21. The molecule has 4 aromatic rings. The Labute approximate surface area is 211 Å². The van der Waals surface area contributed by atoms with Gasteiger partial charge in [-0.2, -0.15) is 0 Å². The predicted molar refractivity (Wildman–Crippen MR) is 135 cm³/mol. The van der Waals surface area contributed by atoms with Crippen LogP contribution in [-0.2, 0) is 4.79 Å². The van der Waals surface area contributed by atoms with Crippen LogP contribution >= 0.6 is 11.6 Å². The zero-order chi connectivity index (χ0) is 25.2. The number of pyridine rings is 1. The molecule has 0 N–H and O–H groups in total. The number of halogens is 2. The Morgan fingerprint density at radius 1 is 1.06 bits per heavy atom. The van der Waals surface area contributed by atoms with Crippen molar-refractivity contribution >= 4 is 34.5 Å². The first kappa shape index (κ1) is 23.7. The van der Waals surface area contributed by atoms with Gasteiger partial charge in [0.2, 0.25) is 5.91 Å². The highest BCUT2D eigenvalue weighted by Gasteiger charge is 2.28. The van der Waals surface area contributed by atoms with Gasteiger partial charge in [0, 0.05) is 68.7 Å². The van der Waals surface area contributed by atoms with E-state index in [4.69, 9.17) is 11.6 Å². The number of imidazole rings is 1. The summed E-state index contributed by atoms with van der Waals surface area (Å²) < 4.78 is 16.7. The molecule has 0 radical (unpaired) electrons. The predicted octanol–water partition coefficient (Wildman–Crippen LogP) is 4.91. The zero-order valence-electron chi connectivity index (χ0n) is 19.3. The fourth-order valence-corrected chi connectivity index (χ4v) is 4.83. The Morgan fingerprint density at radius 2 is 1.78 bits per heavy atom. The van der Waals surface area contributed by atoms with Crippen LogP contribution in [0.15, 0.2) is 73.1 Å². The quantitative estimate of drug-likeness (QED) is 0.273. The van der Waals surface area contributed by atoms with Gasteiger partial charge in [-0.05, 0) is 35.9 Å². The highest BCUT2D eigenvalue weighted by Crippen LogP contribution is 2.32. The van der Waals surface area contributed by atoms with Crippen LogP contribution in [0.5, 0.6) is 0 Å². The lowest BCUT2D eigenvalue weighted by Crippen LogP contribution is -2.49. The van der Waals surface area contributed by atoms with Crippen molar-refractivity contribution in [3.63, 3.8) is 0 Å². The first-order chi connectivity index (χ1) is 17.4. The van der Waals surface area contributed by atoms with Crippen molar-refractivity contribution in [3.8, 4) is 0 Å². The molecule has 1 fully saturated rings. The molecule has 1 aliphatic heterocycles. The topological polar surface area (TPSA) is 84.0 Å². The Balaban J connectivity index is 1.34. The van der Waals surface area contributed by atoms with Gasteiger partial charge in [-0.3, -0.25) is 14.9 Å². The molecule has 0 aliphatic carbocycles. The molecule has 2 aromatic carbocycles. The minimum Gasteiger partial charge on any atom is -0.368 e. The molecule has 5 rings (SSSR count). The maximum atomic E-state index is 14.9. The summed E-state index contributed by atoms with van der Waals surface area (Å²) in [6.45, 7) is 2.19. The highest BCUT2D eigenvalue weighted by atomic mass is 35.5. The lowest BCUT2D eigenvalue weighted by molar-refractivity contribution is -0.384. The van der Waals surface area contributed by atoms with Gasteiger partial charge >= 0.3 is 0 Å². The number of nitro groups is 1. The Morgan fingerprint density at radius 3 is 2.47 bits per heavy atom. The molecule has 184 valence electrons. The minimum atomic E-state index is -0.542. The fraction of sp³-hybridized carbons (Fsp3) is 0.231. The van der Waals surface area contributed by atoms with Gasteiger partial charge in [-0.15, -0.1) is 0 Å². The lowest BCUT2D eigenvalue weighted by Gasteiger charge is -2.36. The number of nitrogens with zero attached hydrogens (tertiary/aromatic N) is 5. The molecule has 1 unspecified atom stereocenters. The number of carbonyl (C=O) groups excluding carboxylic acids is 1. The third-order valence-electron chi connectivity index (χ3n) is 6.57. The molecular weight excluding hydrogens is 485 g/mol. The number of hydrogen-bond donors (Lipinski definition) is 0. The summed E-state index contributed by atoms with van der Waals surface area (Å²) in [7, 11) is 0. The van der Waals surface area contributed by atoms with Gasteiger partial charge in [-0.1, -0.05) is 29.8 Å². The third kappa shape index (κ3) is 4.74. The SMILES string of the molecule is O=C(CC(c1ccccc1F)c1cnc2ccc(Cl)cn12)N1CCN(c2ccc([N+](=O)[O-])cc2)CC1. The number of rotatable bonds is 6. The van der Waals surface area contributed by atoms with Crippen molar-refractivity contribution in [2.45, 2.75) is 12.3 Å². The van der Waals surface area contributed by atoms with Crippen LogP contribution in [0.3, 0.4) is 0 Å². The lowest BCUT2D eigenvalue weighted by atomic mass is 9.91. The van der Waals surface area contributed by atoms with Crippen molar-refractivity contribution in [2.75, 3.05) is 31.1 Å². The highest BCUT2D eigenvalue weighted by molar-refractivity contribution is 6.30.